The molecule has 1 atom stereocenters. The van der Waals surface area contributed by atoms with Gasteiger partial charge in [-0.2, -0.15) is 0 Å². The smallest absolute Gasteiger partial charge is 0.236 e. The van der Waals surface area contributed by atoms with Crippen molar-refractivity contribution in [2.75, 3.05) is 26.2 Å². The number of nitrogens with two attached hydrogens (primary N) is 1. The van der Waals surface area contributed by atoms with E-state index in [2.05, 4.69) is 40.5 Å². The van der Waals surface area contributed by atoms with Crippen LogP contribution in [0.15, 0.2) is 30.3 Å². The van der Waals surface area contributed by atoms with E-state index in [1.807, 2.05) is 0 Å². The molecule has 128 valence electrons. The number of hydrogen-bond donors (Lipinski definition) is 2. The normalized spacial score (nSPS) is 17.8. The van der Waals surface area contributed by atoms with Crippen molar-refractivity contribution in [2.24, 2.45) is 11.7 Å². The van der Waals surface area contributed by atoms with Gasteiger partial charge in [0.25, 0.3) is 0 Å². The van der Waals surface area contributed by atoms with Gasteiger partial charge in [-0.05, 0) is 70.1 Å². The van der Waals surface area contributed by atoms with Gasteiger partial charge < -0.3 is 16.0 Å². The van der Waals surface area contributed by atoms with Gasteiger partial charge in [-0.25, -0.2) is 0 Å². The number of unbranched alkanes of at least 4 members (excludes halogenated alkanes) is 1. The van der Waals surface area contributed by atoms with Gasteiger partial charge in [0, 0.05) is 6.54 Å². The van der Waals surface area contributed by atoms with Crippen LogP contribution in [0.1, 0.15) is 38.2 Å². The highest BCUT2D eigenvalue weighted by atomic mass is 16.2. The summed E-state index contributed by atoms with van der Waals surface area (Å²) in [6.07, 6.45) is 6.00. The van der Waals surface area contributed by atoms with Crippen LogP contribution in [0.5, 0.6) is 0 Å². The maximum Gasteiger partial charge on any atom is 0.236 e. The summed E-state index contributed by atoms with van der Waals surface area (Å²) in [5, 5.41) is 2.87. The van der Waals surface area contributed by atoms with Crippen LogP contribution in [0.25, 0.3) is 0 Å². The quantitative estimate of drug-likeness (QED) is 0.723. The molecule has 1 aromatic carbocycles. The van der Waals surface area contributed by atoms with E-state index in [1.54, 1.807) is 6.92 Å². The second-order valence-electron chi connectivity index (χ2n) is 6.76. The predicted octanol–water partition coefficient (Wildman–Crippen LogP) is 2.18. The molecule has 1 heterocycles. The van der Waals surface area contributed by atoms with Gasteiger partial charge in [0.2, 0.25) is 5.91 Å². The highest BCUT2D eigenvalue weighted by Crippen LogP contribution is 2.21. The minimum Gasteiger partial charge on any atom is -0.355 e. The summed E-state index contributed by atoms with van der Waals surface area (Å²) in [5.41, 5.74) is 6.98. The van der Waals surface area contributed by atoms with E-state index in [9.17, 15) is 4.79 Å². The van der Waals surface area contributed by atoms with Gasteiger partial charge in [0.05, 0.1) is 6.04 Å². The maximum atomic E-state index is 11.3. The van der Waals surface area contributed by atoms with Crippen molar-refractivity contribution >= 4 is 5.91 Å². The molecule has 0 aliphatic carbocycles. The lowest BCUT2D eigenvalue weighted by atomic mass is 9.90. The van der Waals surface area contributed by atoms with Crippen LogP contribution >= 0.6 is 0 Å². The molecule has 0 spiro atoms. The zero-order chi connectivity index (χ0) is 16.5. The van der Waals surface area contributed by atoms with Gasteiger partial charge >= 0.3 is 0 Å². The van der Waals surface area contributed by atoms with E-state index in [4.69, 9.17) is 5.73 Å². The molecule has 4 heteroatoms. The topological polar surface area (TPSA) is 58.4 Å². The van der Waals surface area contributed by atoms with Gasteiger partial charge in [0.15, 0.2) is 0 Å². The third kappa shape index (κ3) is 6.71. The highest BCUT2D eigenvalue weighted by molar-refractivity contribution is 5.80. The minimum absolute atomic E-state index is 0.0493. The van der Waals surface area contributed by atoms with Crippen molar-refractivity contribution in [3.63, 3.8) is 0 Å². The third-order valence-corrected chi connectivity index (χ3v) is 4.69. The van der Waals surface area contributed by atoms with E-state index < -0.39 is 6.04 Å². The van der Waals surface area contributed by atoms with Crippen molar-refractivity contribution in [1.82, 2.24) is 10.2 Å². The molecular formula is C19H31N3O. The first-order valence-corrected chi connectivity index (χ1v) is 8.94. The molecule has 23 heavy (non-hydrogen) atoms. The molecule has 1 unspecified atom stereocenters. The van der Waals surface area contributed by atoms with Crippen LogP contribution in [0, 0.1) is 5.92 Å². The number of hydrogen-bond acceptors (Lipinski definition) is 3. The number of likely N-dealkylation sites (tertiary alicyclic amines) is 1. The summed E-state index contributed by atoms with van der Waals surface area (Å²) < 4.78 is 0. The predicted molar refractivity (Wildman–Crippen MR) is 95.2 cm³/mol. The van der Waals surface area contributed by atoms with Gasteiger partial charge in [0.1, 0.15) is 0 Å². The average molecular weight is 317 g/mol. The largest absolute Gasteiger partial charge is 0.355 e. The lowest BCUT2D eigenvalue weighted by Crippen LogP contribution is -2.39. The van der Waals surface area contributed by atoms with Crippen LogP contribution in [0.2, 0.25) is 0 Å². The number of carbonyl (C=O) groups excluding carboxylic acids is 1. The number of piperidine rings is 1. The molecule has 3 N–H and O–H groups in total. The third-order valence-electron chi connectivity index (χ3n) is 4.69. The number of amides is 1. The van der Waals surface area contributed by atoms with E-state index in [0.29, 0.717) is 0 Å². The fourth-order valence-electron chi connectivity index (χ4n) is 3.19. The monoisotopic (exact) mass is 317 g/mol. The molecular weight excluding hydrogens is 286 g/mol. The standard InChI is InChI=1S/C19H31N3O/c1-16(20)19(23)21-11-5-6-12-22-13-9-18(10-14-22)15-17-7-3-2-4-8-17/h2-4,7-8,16,18H,5-6,9-15,20H2,1H3,(H,21,23). The Morgan fingerprint density at radius 2 is 1.96 bits per heavy atom. The Morgan fingerprint density at radius 1 is 1.26 bits per heavy atom. The first-order valence-electron chi connectivity index (χ1n) is 8.94. The summed E-state index contributed by atoms with van der Waals surface area (Å²) in [7, 11) is 0. The van der Waals surface area contributed by atoms with Crippen LogP contribution in [-0.2, 0) is 11.2 Å². The Bertz CT molecular complexity index is 453. The highest BCUT2D eigenvalue weighted by Gasteiger charge is 2.18. The Kier molecular flexibility index (Phi) is 7.56. The van der Waals surface area contributed by atoms with Gasteiger partial charge in [-0.3, -0.25) is 4.79 Å². The molecule has 1 aliphatic heterocycles. The van der Waals surface area contributed by atoms with Gasteiger partial charge in [-0.15, -0.1) is 0 Å². The molecule has 2 rings (SSSR count). The summed E-state index contributed by atoms with van der Waals surface area (Å²) in [6, 6.07) is 10.4. The summed E-state index contributed by atoms with van der Waals surface area (Å²) in [6.45, 7) is 6.03. The number of nitrogens with zero attached hydrogens (tertiary/aromatic N) is 1. The minimum atomic E-state index is -0.404. The van der Waals surface area contributed by atoms with Crippen LogP contribution < -0.4 is 11.1 Å². The SMILES string of the molecule is CC(N)C(=O)NCCCCN1CCC(Cc2ccccc2)CC1. The second kappa shape index (κ2) is 9.68. The first-order chi connectivity index (χ1) is 11.1. The fraction of sp³-hybridized carbons (Fsp3) is 0.632. The van der Waals surface area contributed by atoms with E-state index in [-0.39, 0.29) is 5.91 Å². The Hall–Kier alpha value is -1.39. The Balaban J connectivity index is 1.54. The molecule has 1 saturated heterocycles. The lowest BCUT2D eigenvalue weighted by molar-refractivity contribution is -0.121. The molecule has 0 radical (unpaired) electrons. The Labute approximate surface area is 140 Å². The second-order valence-corrected chi connectivity index (χ2v) is 6.76. The zero-order valence-electron chi connectivity index (χ0n) is 14.3. The number of carbonyl (C=O) groups is 1. The molecule has 0 aromatic heterocycles. The van der Waals surface area contributed by atoms with Gasteiger partial charge in [-0.1, -0.05) is 30.3 Å². The van der Waals surface area contributed by atoms with Crippen molar-refractivity contribution in [1.29, 1.82) is 0 Å². The summed E-state index contributed by atoms with van der Waals surface area (Å²) in [5.74, 6) is 0.783. The molecule has 0 bridgehead atoms. The molecule has 0 saturated carbocycles. The van der Waals surface area contributed by atoms with Crippen molar-refractivity contribution < 1.29 is 4.79 Å². The van der Waals surface area contributed by atoms with Crippen LogP contribution in [0.4, 0.5) is 0 Å². The van der Waals surface area contributed by atoms with Crippen molar-refractivity contribution in [3.05, 3.63) is 35.9 Å². The number of nitrogens with one attached hydrogen (secondary N) is 1. The fourth-order valence-corrected chi connectivity index (χ4v) is 3.19. The van der Waals surface area contributed by atoms with E-state index >= 15 is 0 Å². The Morgan fingerprint density at radius 3 is 2.61 bits per heavy atom. The first kappa shape index (κ1) is 18.0. The molecule has 1 aliphatic rings. The number of rotatable bonds is 8. The summed E-state index contributed by atoms with van der Waals surface area (Å²) in [4.78, 5) is 13.9. The summed E-state index contributed by atoms with van der Waals surface area (Å²) >= 11 is 0. The van der Waals surface area contributed by atoms with E-state index in [0.717, 1.165) is 31.8 Å². The van der Waals surface area contributed by atoms with Crippen molar-refractivity contribution in [3.8, 4) is 0 Å². The van der Waals surface area contributed by atoms with E-state index in [1.165, 1.54) is 37.9 Å². The average Bonchev–Trinajstić information content (AvgIpc) is 2.56. The number of benzene rings is 1. The van der Waals surface area contributed by atoms with Crippen LogP contribution in [0.3, 0.4) is 0 Å². The maximum absolute atomic E-state index is 11.3. The van der Waals surface area contributed by atoms with Crippen molar-refractivity contribution in [2.45, 2.75) is 45.1 Å². The zero-order valence-corrected chi connectivity index (χ0v) is 14.3. The molecule has 1 fully saturated rings. The van der Waals surface area contributed by atoms with Crippen LogP contribution in [-0.4, -0.2) is 43.0 Å². The molecule has 1 amide bonds. The molecule has 1 aromatic rings. The lowest BCUT2D eigenvalue weighted by Gasteiger charge is -2.32. The molecule has 4 nitrogen and oxygen atoms in total.